The number of ether oxygens (including phenoxy) is 1. The van der Waals surface area contributed by atoms with Crippen LogP contribution < -0.4 is 5.32 Å². The molecule has 0 bridgehead atoms. The molecule has 5 nitrogen and oxygen atoms in total. The summed E-state index contributed by atoms with van der Waals surface area (Å²) < 4.78 is 4.93. The first-order valence-corrected chi connectivity index (χ1v) is 7.55. The van der Waals surface area contributed by atoms with Crippen LogP contribution in [0.15, 0.2) is 42.6 Å². The molecule has 1 aromatic heterocycles. The number of hydrogen-bond acceptors (Lipinski definition) is 4. The summed E-state index contributed by atoms with van der Waals surface area (Å²) in [6, 6.07) is 9.85. The number of aromatic nitrogens is 1. The highest BCUT2D eigenvalue weighted by molar-refractivity contribution is 6.30. The van der Waals surface area contributed by atoms with E-state index in [1.165, 1.54) is 18.3 Å². The first-order chi connectivity index (χ1) is 11.0. The van der Waals surface area contributed by atoms with E-state index in [0.29, 0.717) is 5.02 Å². The smallest absolute Gasteiger partial charge is 0.340 e. The standard InChI is InChI=1S/C16H14Cl2N2O3/c1-10(11-2-5-13(17)6-3-11)20-15(21)9-23-16(22)12-4-7-14(18)19-8-12/h2-8,10H,9H2,1H3,(H,20,21). The Kier molecular flexibility index (Phi) is 5.96. The second-order valence-corrected chi connectivity index (χ2v) is 5.61. The van der Waals surface area contributed by atoms with Gasteiger partial charge in [-0.3, -0.25) is 4.79 Å². The van der Waals surface area contributed by atoms with Gasteiger partial charge in [0.05, 0.1) is 11.6 Å². The van der Waals surface area contributed by atoms with Crippen molar-refractivity contribution in [1.29, 1.82) is 0 Å². The molecular weight excluding hydrogens is 339 g/mol. The maximum Gasteiger partial charge on any atom is 0.340 e. The molecule has 1 amide bonds. The van der Waals surface area contributed by atoms with Crippen molar-refractivity contribution in [2.24, 2.45) is 0 Å². The Morgan fingerprint density at radius 1 is 1.17 bits per heavy atom. The van der Waals surface area contributed by atoms with Gasteiger partial charge in [-0.2, -0.15) is 0 Å². The molecule has 0 fully saturated rings. The highest BCUT2D eigenvalue weighted by Crippen LogP contribution is 2.15. The molecule has 0 saturated carbocycles. The zero-order valence-electron chi connectivity index (χ0n) is 12.3. The van der Waals surface area contributed by atoms with Gasteiger partial charge in [0.15, 0.2) is 6.61 Å². The lowest BCUT2D eigenvalue weighted by molar-refractivity contribution is -0.124. The summed E-state index contributed by atoms with van der Waals surface area (Å²) in [6.07, 6.45) is 1.29. The Balaban J connectivity index is 1.83. The van der Waals surface area contributed by atoms with Gasteiger partial charge in [0.25, 0.3) is 5.91 Å². The third-order valence-corrected chi connectivity index (χ3v) is 3.52. The number of halogens is 2. The number of amides is 1. The highest BCUT2D eigenvalue weighted by Gasteiger charge is 2.13. The summed E-state index contributed by atoms with van der Waals surface area (Å²) >= 11 is 11.4. The van der Waals surface area contributed by atoms with Crippen molar-refractivity contribution in [3.8, 4) is 0 Å². The number of hydrogen-bond donors (Lipinski definition) is 1. The predicted molar refractivity (Wildman–Crippen MR) is 87.5 cm³/mol. The van der Waals surface area contributed by atoms with E-state index < -0.39 is 11.9 Å². The molecule has 0 radical (unpaired) electrons. The maximum atomic E-state index is 11.8. The van der Waals surface area contributed by atoms with E-state index in [1.54, 1.807) is 12.1 Å². The summed E-state index contributed by atoms with van der Waals surface area (Å²) in [4.78, 5) is 27.4. The van der Waals surface area contributed by atoms with Crippen molar-refractivity contribution < 1.29 is 14.3 Å². The van der Waals surface area contributed by atoms with Gasteiger partial charge in [-0.15, -0.1) is 0 Å². The zero-order valence-corrected chi connectivity index (χ0v) is 13.8. The minimum atomic E-state index is -0.636. The van der Waals surface area contributed by atoms with Gasteiger partial charge in [0.1, 0.15) is 5.15 Å². The molecule has 0 aliphatic carbocycles. The summed E-state index contributed by atoms with van der Waals surface area (Å²) in [6.45, 7) is 1.45. The van der Waals surface area contributed by atoms with Crippen molar-refractivity contribution in [3.05, 3.63) is 63.9 Å². The SMILES string of the molecule is CC(NC(=O)COC(=O)c1ccc(Cl)nc1)c1ccc(Cl)cc1. The molecule has 0 aliphatic rings. The summed E-state index contributed by atoms with van der Waals surface area (Å²) in [5, 5.41) is 3.63. The number of pyridine rings is 1. The number of carbonyl (C=O) groups is 2. The van der Waals surface area contributed by atoms with Gasteiger partial charge < -0.3 is 10.1 Å². The third-order valence-electron chi connectivity index (χ3n) is 3.04. The van der Waals surface area contributed by atoms with Crippen molar-refractivity contribution in [3.63, 3.8) is 0 Å². The Bertz CT molecular complexity index is 687. The molecule has 1 unspecified atom stereocenters. The monoisotopic (exact) mass is 352 g/mol. The quantitative estimate of drug-likeness (QED) is 0.661. The fraction of sp³-hybridized carbons (Fsp3) is 0.188. The van der Waals surface area contributed by atoms with Crippen LogP contribution in [0.1, 0.15) is 28.9 Å². The van der Waals surface area contributed by atoms with Crippen LogP contribution in [0.5, 0.6) is 0 Å². The van der Waals surface area contributed by atoms with E-state index >= 15 is 0 Å². The van der Waals surface area contributed by atoms with E-state index in [1.807, 2.05) is 19.1 Å². The van der Waals surface area contributed by atoms with Crippen molar-refractivity contribution >= 4 is 35.1 Å². The lowest BCUT2D eigenvalue weighted by Crippen LogP contribution is -2.31. The lowest BCUT2D eigenvalue weighted by Gasteiger charge is -2.14. The van der Waals surface area contributed by atoms with Gasteiger partial charge in [-0.25, -0.2) is 9.78 Å². The molecule has 2 rings (SSSR count). The first kappa shape index (κ1) is 17.2. The average molecular weight is 353 g/mol. The minimum absolute atomic E-state index is 0.226. The molecular formula is C16H14Cl2N2O3. The van der Waals surface area contributed by atoms with Gasteiger partial charge in [-0.1, -0.05) is 35.3 Å². The molecule has 0 spiro atoms. The average Bonchev–Trinajstić information content (AvgIpc) is 2.54. The van der Waals surface area contributed by atoms with Crippen LogP contribution >= 0.6 is 23.2 Å². The minimum Gasteiger partial charge on any atom is -0.452 e. The normalized spacial score (nSPS) is 11.6. The zero-order chi connectivity index (χ0) is 16.8. The molecule has 120 valence electrons. The molecule has 2 aromatic rings. The van der Waals surface area contributed by atoms with E-state index in [4.69, 9.17) is 27.9 Å². The molecule has 1 N–H and O–H groups in total. The summed E-state index contributed by atoms with van der Waals surface area (Å²) in [5.41, 5.74) is 1.13. The number of esters is 1. The number of benzene rings is 1. The largest absolute Gasteiger partial charge is 0.452 e. The Morgan fingerprint density at radius 3 is 2.48 bits per heavy atom. The molecule has 1 aromatic carbocycles. The summed E-state index contributed by atoms with van der Waals surface area (Å²) in [7, 11) is 0. The van der Waals surface area contributed by atoms with E-state index in [-0.39, 0.29) is 23.4 Å². The van der Waals surface area contributed by atoms with Crippen molar-refractivity contribution in [2.45, 2.75) is 13.0 Å². The predicted octanol–water partition coefficient (Wildman–Crippen LogP) is 3.42. The molecule has 1 atom stereocenters. The van der Waals surface area contributed by atoms with Crippen LogP contribution in [0, 0.1) is 0 Å². The topological polar surface area (TPSA) is 68.3 Å². The van der Waals surface area contributed by atoms with Crippen LogP contribution in [0.2, 0.25) is 10.2 Å². The fourth-order valence-corrected chi connectivity index (χ4v) is 2.07. The van der Waals surface area contributed by atoms with Crippen LogP contribution in [0.4, 0.5) is 0 Å². The first-order valence-electron chi connectivity index (χ1n) is 6.79. The van der Waals surface area contributed by atoms with Gasteiger partial charge >= 0.3 is 5.97 Å². The van der Waals surface area contributed by atoms with E-state index in [2.05, 4.69) is 10.3 Å². The van der Waals surface area contributed by atoms with Gasteiger partial charge in [-0.05, 0) is 36.8 Å². The number of carbonyl (C=O) groups excluding carboxylic acids is 2. The Hall–Kier alpha value is -2.11. The number of nitrogens with one attached hydrogen (secondary N) is 1. The van der Waals surface area contributed by atoms with Crippen LogP contribution in [0.25, 0.3) is 0 Å². The molecule has 1 heterocycles. The van der Waals surface area contributed by atoms with Gasteiger partial charge in [0, 0.05) is 11.2 Å². The van der Waals surface area contributed by atoms with Gasteiger partial charge in [0.2, 0.25) is 0 Å². The molecule has 0 aliphatic heterocycles. The van der Waals surface area contributed by atoms with Crippen LogP contribution in [-0.4, -0.2) is 23.5 Å². The molecule has 23 heavy (non-hydrogen) atoms. The van der Waals surface area contributed by atoms with E-state index in [9.17, 15) is 9.59 Å². The number of rotatable bonds is 5. The fourth-order valence-electron chi connectivity index (χ4n) is 1.83. The second-order valence-electron chi connectivity index (χ2n) is 4.79. The highest BCUT2D eigenvalue weighted by atomic mass is 35.5. The third kappa shape index (κ3) is 5.23. The molecule has 0 saturated heterocycles. The lowest BCUT2D eigenvalue weighted by atomic mass is 10.1. The summed E-state index contributed by atoms with van der Waals surface area (Å²) in [5.74, 6) is -1.04. The van der Waals surface area contributed by atoms with Crippen molar-refractivity contribution in [2.75, 3.05) is 6.61 Å². The van der Waals surface area contributed by atoms with E-state index in [0.717, 1.165) is 5.56 Å². The second kappa shape index (κ2) is 7.94. The number of nitrogens with zero attached hydrogens (tertiary/aromatic N) is 1. The Morgan fingerprint density at radius 2 is 1.87 bits per heavy atom. The maximum absolute atomic E-state index is 11.8. The molecule has 7 heteroatoms. The van der Waals surface area contributed by atoms with Crippen molar-refractivity contribution in [1.82, 2.24) is 10.3 Å². The van der Waals surface area contributed by atoms with Crippen LogP contribution in [-0.2, 0) is 9.53 Å². The Labute approximate surface area is 143 Å². The van der Waals surface area contributed by atoms with Crippen LogP contribution in [0.3, 0.4) is 0 Å².